The minimum absolute atomic E-state index is 0.496. The van der Waals surface area contributed by atoms with E-state index in [0.717, 1.165) is 0 Å². The molecule has 0 amide bonds. The predicted octanol–water partition coefficient (Wildman–Crippen LogP) is -0.479. The fraction of sp³-hybridized carbons (Fsp3) is 0.176. The molecule has 0 aliphatic heterocycles. The predicted molar refractivity (Wildman–Crippen MR) is 129 cm³/mol. The quantitative estimate of drug-likeness (QED) is 0.342. The van der Waals surface area contributed by atoms with Gasteiger partial charge in [-0.15, -0.1) is 6.58 Å². The third-order valence-electron chi connectivity index (χ3n) is 4.24. The van der Waals surface area contributed by atoms with Crippen LogP contribution in [0.2, 0.25) is 19.6 Å². The van der Waals surface area contributed by atoms with Crippen LogP contribution in [-0.2, 0) is 12.3 Å². The van der Waals surface area contributed by atoms with Crippen LogP contribution in [0.25, 0.3) is 0 Å². The van der Waals surface area contributed by atoms with Crippen molar-refractivity contribution >= 4 is 64.1 Å². The van der Waals surface area contributed by atoms with Crippen LogP contribution in [0.4, 0.5) is 0 Å². The Hall–Kier alpha value is -0.639. The molecule has 0 heterocycles. The maximum Gasteiger partial charge on any atom is 0.252 e. The molecule has 0 bridgehead atoms. The van der Waals surface area contributed by atoms with E-state index in [0.29, 0.717) is 0 Å². The summed E-state index contributed by atoms with van der Waals surface area (Å²) in [7, 11) is -6.48. The molecule has 0 aliphatic rings. The van der Waals surface area contributed by atoms with Crippen molar-refractivity contribution in [2.75, 3.05) is 0 Å². The van der Waals surface area contributed by atoms with Gasteiger partial charge in [0.05, 0.1) is 0 Å². The van der Waals surface area contributed by atoms with Gasteiger partial charge >= 0.3 is 0 Å². The standard InChI is InChI=1S/C17H30O3Si6/c1-5-25(4)19-23-26(16-12-8-6-9-13-16,17-14-10-7-11-15-17)20-22-21-18-24(2)3/h5-15,24-25H,1,21-23H2,2-4H3. The molecule has 0 radical (unpaired) electrons. The van der Waals surface area contributed by atoms with Crippen LogP contribution in [0, 0.1) is 0 Å². The summed E-state index contributed by atoms with van der Waals surface area (Å²) in [6.45, 7) is 10.6. The molecule has 2 aromatic rings. The van der Waals surface area contributed by atoms with Gasteiger partial charge in [0.15, 0.2) is 45.9 Å². The van der Waals surface area contributed by atoms with Crippen LogP contribution in [-0.4, -0.2) is 53.8 Å². The lowest BCUT2D eigenvalue weighted by Gasteiger charge is -2.33. The maximum atomic E-state index is 6.91. The Kier molecular flexibility index (Phi) is 9.38. The largest absolute Gasteiger partial charge is 0.463 e. The average Bonchev–Trinajstić information content (AvgIpc) is 2.68. The minimum atomic E-state index is -2.26. The van der Waals surface area contributed by atoms with Gasteiger partial charge < -0.3 is 12.3 Å². The van der Waals surface area contributed by atoms with E-state index in [1.165, 1.54) is 10.4 Å². The Labute approximate surface area is 168 Å². The van der Waals surface area contributed by atoms with Crippen molar-refractivity contribution in [3.05, 3.63) is 72.9 Å². The van der Waals surface area contributed by atoms with E-state index in [1.807, 2.05) is 5.70 Å². The van der Waals surface area contributed by atoms with Gasteiger partial charge in [0.25, 0.3) is 7.83 Å². The first kappa shape index (κ1) is 21.7. The number of hydrogen-bond acceptors (Lipinski definition) is 3. The summed E-state index contributed by atoms with van der Waals surface area (Å²) in [4.78, 5) is 0. The number of rotatable bonds is 11. The molecule has 1 atom stereocenters. The normalized spacial score (nSPS) is 14.3. The molecule has 0 aliphatic carbocycles. The van der Waals surface area contributed by atoms with Gasteiger partial charge in [-0.05, 0) is 30.0 Å². The van der Waals surface area contributed by atoms with Crippen LogP contribution in [0.5, 0.6) is 0 Å². The monoisotopic (exact) mass is 450 g/mol. The second kappa shape index (κ2) is 11.3. The fourth-order valence-corrected chi connectivity index (χ4v) is 33.6. The Balaban J connectivity index is 2.36. The molecule has 0 N–H and O–H groups in total. The minimum Gasteiger partial charge on any atom is -0.463 e. The summed E-state index contributed by atoms with van der Waals surface area (Å²) in [6.07, 6.45) is 0. The van der Waals surface area contributed by atoms with E-state index in [4.69, 9.17) is 12.3 Å². The molecule has 0 spiro atoms. The van der Waals surface area contributed by atoms with Crippen molar-refractivity contribution in [2.24, 2.45) is 0 Å². The van der Waals surface area contributed by atoms with Gasteiger partial charge in [-0.2, -0.15) is 0 Å². The van der Waals surface area contributed by atoms with Gasteiger partial charge in [-0.1, -0.05) is 66.4 Å². The lowest BCUT2D eigenvalue weighted by molar-refractivity contribution is 0.590. The van der Waals surface area contributed by atoms with Gasteiger partial charge in [0.1, 0.15) is 0 Å². The lowest BCUT2D eigenvalue weighted by Crippen LogP contribution is -2.67. The fourth-order valence-electron chi connectivity index (χ4n) is 2.77. The highest BCUT2D eigenvalue weighted by atomic mass is 29.2. The molecule has 1 unspecified atom stereocenters. The lowest BCUT2D eigenvalue weighted by atomic mass is 10.4. The van der Waals surface area contributed by atoms with Gasteiger partial charge in [-0.25, -0.2) is 0 Å². The van der Waals surface area contributed by atoms with Crippen molar-refractivity contribution in [1.82, 2.24) is 0 Å². The van der Waals surface area contributed by atoms with Crippen molar-refractivity contribution in [2.45, 2.75) is 19.6 Å². The molecular formula is C17H30O3Si6. The van der Waals surface area contributed by atoms with E-state index < -0.39 is 53.8 Å². The SMILES string of the molecule is C=C[SiH](C)O[SiH2][Si](O[SiH2][SiH2]O[SiH](C)C)(c1ccccc1)c1ccccc1. The van der Waals surface area contributed by atoms with Crippen LogP contribution in [0.1, 0.15) is 0 Å². The molecule has 9 heteroatoms. The third-order valence-corrected chi connectivity index (χ3v) is 28.6. The van der Waals surface area contributed by atoms with E-state index in [9.17, 15) is 0 Å². The Bertz CT molecular complexity index is 617. The smallest absolute Gasteiger partial charge is 0.252 e. The highest BCUT2D eigenvalue weighted by molar-refractivity contribution is 7.35. The summed E-state index contributed by atoms with van der Waals surface area (Å²) in [5.74, 6) is 0. The summed E-state index contributed by atoms with van der Waals surface area (Å²) >= 11 is 0. The van der Waals surface area contributed by atoms with Crippen LogP contribution >= 0.6 is 0 Å². The molecule has 140 valence electrons. The molecule has 0 saturated carbocycles. The second-order valence-corrected chi connectivity index (χ2v) is 24.6. The van der Waals surface area contributed by atoms with Crippen molar-refractivity contribution < 1.29 is 12.3 Å². The molecule has 2 rings (SSSR count). The van der Waals surface area contributed by atoms with E-state index in [1.54, 1.807) is 0 Å². The molecule has 3 nitrogen and oxygen atoms in total. The summed E-state index contributed by atoms with van der Waals surface area (Å²) < 4.78 is 19.4. The summed E-state index contributed by atoms with van der Waals surface area (Å²) in [5.41, 5.74) is 2.02. The zero-order chi connectivity index (χ0) is 18.8. The van der Waals surface area contributed by atoms with E-state index >= 15 is 0 Å². The highest BCUT2D eigenvalue weighted by Crippen LogP contribution is 2.08. The molecule has 0 aromatic heterocycles. The Morgan fingerprint density at radius 1 is 0.846 bits per heavy atom. The highest BCUT2D eigenvalue weighted by Gasteiger charge is 2.40. The Morgan fingerprint density at radius 2 is 1.38 bits per heavy atom. The molecule has 0 saturated heterocycles. The van der Waals surface area contributed by atoms with Crippen LogP contribution < -0.4 is 10.4 Å². The molecule has 26 heavy (non-hydrogen) atoms. The Morgan fingerprint density at radius 3 is 1.85 bits per heavy atom. The van der Waals surface area contributed by atoms with Crippen molar-refractivity contribution in [1.29, 1.82) is 0 Å². The summed E-state index contributed by atoms with van der Waals surface area (Å²) in [6, 6.07) is 21.6. The molecule has 0 fully saturated rings. The van der Waals surface area contributed by atoms with E-state index in [-0.39, 0.29) is 0 Å². The third kappa shape index (κ3) is 6.21. The van der Waals surface area contributed by atoms with Crippen LogP contribution in [0.15, 0.2) is 72.9 Å². The number of hydrogen-bond donors (Lipinski definition) is 0. The van der Waals surface area contributed by atoms with Crippen molar-refractivity contribution in [3.8, 4) is 0 Å². The molecule has 2 aromatic carbocycles. The average molecular weight is 451 g/mol. The zero-order valence-corrected chi connectivity index (χ0v) is 23.6. The molecular weight excluding hydrogens is 421 g/mol. The first-order chi connectivity index (χ1) is 12.6. The second-order valence-electron chi connectivity index (χ2n) is 6.58. The zero-order valence-electron chi connectivity index (χ0n) is 16.1. The van der Waals surface area contributed by atoms with Gasteiger partial charge in [-0.3, -0.25) is 0 Å². The van der Waals surface area contributed by atoms with Gasteiger partial charge in [0, 0.05) is 0 Å². The van der Waals surface area contributed by atoms with Crippen LogP contribution in [0.3, 0.4) is 0 Å². The first-order valence-electron chi connectivity index (χ1n) is 9.19. The first-order valence-corrected chi connectivity index (χ1v) is 24.2. The number of benzene rings is 2. The maximum absolute atomic E-state index is 6.91. The topological polar surface area (TPSA) is 27.7 Å². The van der Waals surface area contributed by atoms with E-state index in [2.05, 4.69) is 86.9 Å². The van der Waals surface area contributed by atoms with Gasteiger partial charge in [0.2, 0.25) is 0 Å². The summed E-state index contributed by atoms with van der Waals surface area (Å²) in [5, 5.41) is 2.71. The van der Waals surface area contributed by atoms with Crippen molar-refractivity contribution in [3.63, 3.8) is 0 Å².